The van der Waals surface area contributed by atoms with Crippen LogP contribution in [-0.2, 0) is 9.53 Å². The molecule has 21 heavy (non-hydrogen) atoms. The Kier molecular flexibility index (Phi) is 5.55. The van der Waals surface area contributed by atoms with E-state index < -0.39 is 12.2 Å². The first kappa shape index (κ1) is 15.8. The minimum Gasteiger partial charge on any atom is -0.388 e. The van der Waals surface area contributed by atoms with Gasteiger partial charge in [-0.25, -0.2) is 0 Å². The monoisotopic (exact) mass is 294 g/mol. The summed E-state index contributed by atoms with van der Waals surface area (Å²) in [5.41, 5.74) is 1.56. The molecule has 1 heterocycles. The highest BCUT2D eigenvalue weighted by Gasteiger charge is 2.24. The van der Waals surface area contributed by atoms with E-state index in [2.05, 4.69) is 10.2 Å². The fourth-order valence-corrected chi connectivity index (χ4v) is 2.40. The molecule has 0 aliphatic carbocycles. The molecule has 1 aliphatic heterocycles. The van der Waals surface area contributed by atoms with Gasteiger partial charge in [-0.3, -0.25) is 4.79 Å². The minimum absolute atomic E-state index is 0.0218. The van der Waals surface area contributed by atoms with Crippen LogP contribution in [-0.4, -0.2) is 55.1 Å². The predicted molar refractivity (Wildman–Crippen MR) is 79.1 cm³/mol. The summed E-state index contributed by atoms with van der Waals surface area (Å²) < 4.78 is 5.33. The molecule has 116 valence electrons. The summed E-state index contributed by atoms with van der Waals surface area (Å²) in [6, 6.07) is 7.45. The van der Waals surface area contributed by atoms with Crippen molar-refractivity contribution in [1.29, 1.82) is 0 Å². The number of aliphatic hydroxyl groups excluding tert-OH is 2. The molecule has 0 bridgehead atoms. The molecule has 0 saturated carbocycles. The molecule has 0 aromatic heterocycles. The van der Waals surface area contributed by atoms with Crippen LogP contribution in [0.3, 0.4) is 0 Å². The maximum Gasteiger partial charge on any atom is 0.216 e. The minimum atomic E-state index is -1.05. The van der Waals surface area contributed by atoms with E-state index in [4.69, 9.17) is 4.74 Å². The molecular weight excluding hydrogens is 272 g/mol. The highest BCUT2D eigenvalue weighted by atomic mass is 16.5. The van der Waals surface area contributed by atoms with Crippen molar-refractivity contribution in [2.24, 2.45) is 0 Å². The van der Waals surface area contributed by atoms with Gasteiger partial charge in [0.2, 0.25) is 5.91 Å². The Morgan fingerprint density at radius 1 is 1.33 bits per heavy atom. The lowest BCUT2D eigenvalue weighted by molar-refractivity contribution is -0.119. The van der Waals surface area contributed by atoms with Gasteiger partial charge in [0.1, 0.15) is 12.2 Å². The maximum absolute atomic E-state index is 10.9. The first-order chi connectivity index (χ1) is 10.1. The molecule has 1 aromatic rings. The van der Waals surface area contributed by atoms with Gasteiger partial charge in [0.05, 0.1) is 13.2 Å². The van der Waals surface area contributed by atoms with E-state index in [0.717, 1.165) is 18.8 Å². The molecule has 0 radical (unpaired) electrons. The first-order valence-electron chi connectivity index (χ1n) is 7.12. The van der Waals surface area contributed by atoms with E-state index in [1.54, 1.807) is 6.07 Å². The summed E-state index contributed by atoms with van der Waals surface area (Å²) in [5.74, 6) is -0.234. The fraction of sp³-hybridized carbons (Fsp3) is 0.533. The molecule has 2 rings (SSSR count). The zero-order valence-electron chi connectivity index (χ0n) is 12.2. The van der Waals surface area contributed by atoms with Crippen molar-refractivity contribution < 1.29 is 19.7 Å². The van der Waals surface area contributed by atoms with E-state index in [-0.39, 0.29) is 12.5 Å². The molecular formula is C15H22N2O4. The number of benzene rings is 1. The Morgan fingerprint density at radius 3 is 2.67 bits per heavy atom. The van der Waals surface area contributed by atoms with Crippen molar-refractivity contribution in [3.8, 4) is 0 Å². The number of rotatable bonds is 5. The molecule has 2 atom stereocenters. The SMILES string of the molecule is CC(=O)NCC(O)C(O)c1ccccc1N1CCOCC1. The van der Waals surface area contributed by atoms with E-state index in [1.165, 1.54) is 6.92 Å². The zero-order chi connectivity index (χ0) is 15.2. The smallest absolute Gasteiger partial charge is 0.216 e. The van der Waals surface area contributed by atoms with Gasteiger partial charge in [0.15, 0.2) is 0 Å². The number of hydrogen-bond acceptors (Lipinski definition) is 5. The van der Waals surface area contributed by atoms with Gasteiger partial charge < -0.3 is 25.2 Å². The van der Waals surface area contributed by atoms with Gasteiger partial charge in [-0.1, -0.05) is 18.2 Å². The van der Waals surface area contributed by atoms with E-state index >= 15 is 0 Å². The third-order valence-electron chi connectivity index (χ3n) is 3.53. The van der Waals surface area contributed by atoms with Crippen LogP contribution in [0.15, 0.2) is 24.3 Å². The molecule has 2 unspecified atom stereocenters. The number of carbonyl (C=O) groups is 1. The quantitative estimate of drug-likeness (QED) is 0.715. The molecule has 1 saturated heterocycles. The van der Waals surface area contributed by atoms with Crippen LogP contribution in [0.25, 0.3) is 0 Å². The number of ether oxygens (including phenoxy) is 1. The van der Waals surface area contributed by atoms with E-state index in [1.807, 2.05) is 18.2 Å². The number of aliphatic hydroxyl groups is 2. The topological polar surface area (TPSA) is 82.0 Å². The summed E-state index contributed by atoms with van der Waals surface area (Å²) in [4.78, 5) is 13.0. The number of morpholine rings is 1. The Balaban J connectivity index is 2.12. The third kappa shape index (κ3) is 4.17. The lowest BCUT2D eigenvalue weighted by Gasteiger charge is -2.32. The molecule has 6 heteroatoms. The van der Waals surface area contributed by atoms with Crippen LogP contribution < -0.4 is 10.2 Å². The second-order valence-electron chi connectivity index (χ2n) is 5.11. The van der Waals surface area contributed by atoms with Crippen LogP contribution in [0.2, 0.25) is 0 Å². The Bertz CT molecular complexity index is 474. The van der Waals surface area contributed by atoms with Crippen molar-refractivity contribution in [3.05, 3.63) is 29.8 Å². The van der Waals surface area contributed by atoms with Crippen LogP contribution in [0, 0.1) is 0 Å². The van der Waals surface area contributed by atoms with Crippen molar-refractivity contribution in [2.45, 2.75) is 19.1 Å². The summed E-state index contributed by atoms with van der Waals surface area (Å²) in [7, 11) is 0. The highest BCUT2D eigenvalue weighted by Crippen LogP contribution is 2.28. The number of nitrogens with zero attached hydrogens (tertiary/aromatic N) is 1. The molecule has 1 amide bonds. The normalized spacial score (nSPS) is 18.1. The van der Waals surface area contributed by atoms with E-state index in [0.29, 0.717) is 18.8 Å². The lowest BCUT2D eigenvalue weighted by atomic mass is 10.0. The second-order valence-corrected chi connectivity index (χ2v) is 5.11. The summed E-state index contributed by atoms with van der Waals surface area (Å²) in [5, 5.41) is 22.9. The number of hydrogen-bond donors (Lipinski definition) is 3. The standard InChI is InChI=1S/C15H22N2O4/c1-11(18)16-10-14(19)15(20)12-4-2-3-5-13(12)17-6-8-21-9-7-17/h2-5,14-15,19-20H,6-10H2,1H3,(H,16,18). The highest BCUT2D eigenvalue weighted by molar-refractivity contribution is 5.72. The number of nitrogens with one attached hydrogen (secondary N) is 1. The maximum atomic E-state index is 10.9. The van der Waals surface area contributed by atoms with Crippen LogP contribution in [0.4, 0.5) is 5.69 Å². The fourth-order valence-electron chi connectivity index (χ4n) is 2.40. The van der Waals surface area contributed by atoms with Crippen LogP contribution >= 0.6 is 0 Å². The van der Waals surface area contributed by atoms with Crippen molar-refractivity contribution >= 4 is 11.6 Å². The molecule has 6 nitrogen and oxygen atoms in total. The number of amides is 1. The molecule has 1 aliphatic rings. The van der Waals surface area contributed by atoms with Crippen LogP contribution in [0.5, 0.6) is 0 Å². The molecule has 3 N–H and O–H groups in total. The van der Waals surface area contributed by atoms with Crippen molar-refractivity contribution in [2.75, 3.05) is 37.7 Å². The van der Waals surface area contributed by atoms with Gasteiger partial charge in [0.25, 0.3) is 0 Å². The summed E-state index contributed by atoms with van der Waals surface area (Å²) >= 11 is 0. The average Bonchev–Trinajstić information content (AvgIpc) is 2.52. The van der Waals surface area contributed by atoms with E-state index in [9.17, 15) is 15.0 Å². The first-order valence-corrected chi connectivity index (χ1v) is 7.12. The summed E-state index contributed by atoms with van der Waals surface area (Å²) in [6.45, 7) is 4.21. The Labute approximate surface area is 124 Å². The largest absolute Gasteiger partial charge is 0.388 e. The lowest BCUT2D eigenvalue weighted by Crippen LogP contribution is -2.38. The predicted octanol–water partition coefficient (Wildman–Crippen LogP) is 0.0536. The van der Waals surface area contributed by atoms with Gasteiger partial charge >= 0.3 is 0 Å². The van der Waals surface area contributed by atoms with Crippen molar-refractivity contribution in [3.63, 3.8) is 0 Å². The van der Waals surface area contributed by atoms with Crippen molar-refractivity contribution in [1.82, 2.24) is 5.32 Å². The zero-order valence-corrected chi connectivity index (χ0v) is 12.2. The number of para-hydroxylation sites is 1. The molecule has 0 spiro atoms. The van der Waals surface area contributed by atoms with Gasteiger partial charge in [0, 0.05) is 37.8 Å². The Morgan fingerprint density at radius 2 is 2.00 bits per heavy atom. The van der Waals surface area contributed by atoms with Gasteiger partial charge in [-0.05, 0) is 6.07 Å². The van der Waals surface area contributed by atoms with Gasteiger partial charge in [-0.15, -0.1) is 0 Å². The third-order valence-corrected chi connectivity index (χ3v) is 3.53. The Hall–Kier alpha value is -1.63. The number of anilines is 1. The second kappa shape index (κ2) is 7.40. The number of carbonyl (C=O) groups excluding carboxylic acids is 1. The summed E-state index contributed by atoms with van der Waals surface area (Å²) in [6.07, 6.45) is -2.09. The average molecular weight is 294 g/mol. The van der Waals surface area contributed by atoms with Crippen LogP contribution in [0.1, 0.15) is 18.6 Å². The van der Waals surface area contributed by atoms with Gasteiger partial charge in [-0.2, -0.15) is 0 Å². The molecule has 1 aromatic carbocycles. The molecule has 1 fully saturated rings.